The first-order valence-electron chi connectivity index (χ1n) is 7.68. The van der Waals surface area contributed by atoms with E-state index in [2.05, 4.69) is 20.3 Å². The van der Waals surface area contributed by atoms with E-state index < -0.39 is 23.9 Å². The Balaban J connectivity index is 2.15. The molecule has 142 valence electrons. The average Bonchev–Trinajstić information content (AvgIpc) is 3.16. The van der Waals surface area contributed by atoms with Crippen LogP contribution in [0.3, 0.4) is 0 Å². The number of benzene rings is 1. The van der Waals surface area contributed by atoms with Gasteiger partial charge in [0, 0.05) is 5.56 Å². The molecule has 2 atom stereocenters. The predicted octanol–water partition coefficient (Wildman–Crippen LogP) is 1.36. The highest BCUT2D eigenvalue weighted by Crippen LogP contribution is 2.36. The number of nitrogens with zero attached hydrogens (tertiary/aromatic N) is 5. The van der Waals surface area contributed by atoms with Gasteiger partial charge in [0.25, 0.3) is 6.43 Å². The zero-order valence-corrected chi connectivity index (χ0v) is 14.0. The second-order valence-corrected chi connectivity index (χ2v) is 5.80. The number of aliphatic hydroxyl groups excluding tert-OH is 1. The van der Waals surface area contributed by atoms with E-state index in [0.717, 1.165) is 12.1 Å². The molecule has 11 heteroatoms. The van der Waals surface area contributed by atoms with E-state index in [1.54, 1.807) is 6.92 Å². The van der Waals surface area contributed by atoms with Crippen molar-refractivity contribution in [2.75, 3.05) is 5.73 Å². The maximum absolute atomic E-state index is 13.4. The summed E-state index contributed by atoms with van der Waals surface area (Å²) in [6.07, 6.45) is -2.55. The van der Waals surface area contributed by atoms with Crippen LogP contribution in [-0.2, 0) is 5.60 Å². The second-order valence-electron chi connectivity index (χ2n) is 5.80. The SMILES string of the molecule is Cc1ccc(C(O)(C(O)F)C(F)F)cc1-c1cnc(N)c(-n2ccnn2)n1. The molecule has 0 fully saturated rings. The van der Waals surface area contributed by atoms with Crippen molar-refractivity contribution in [1.29, 1.82) is 0 Å². The molecule has 0 saturated carbocycles. The van der Waals surface area contributed by atoms with E-state index in [0.29, 0.717) is 11.1 Å². The van der Waals surface area contributed by atoms with Crippen molar-refractivity contribution in [3.8, 4) is 17.1 Å². The van der Waals surface area contributed by atoms with Gasteiger partial charge in [0.2, 0.25) is 12.0 Å². The summed E-state index contributed by atoms with van der Waals surface area (Å²) >= 11 is 0. The highest BCUT2D eigenvalue weighted by atomic mass is 19.3. The lowest BCUT2D eigenvalue weighted by Crippen LogP contribution is -2.43. The van der Waals surface area contributed by atoms with Gasteiger partial charge < -0.3 is 15.9 Å². The van der Waals surface area contributed by atoms with Crippen molar-refractivity contribution in [2.24, 2.45) is 0 Å². The number of anilines is 1. The zero-order valence-electron chi connectivity index (χ0n) is 14.0. The Hall–Kier alpha value is -3.05. The predicted molar refractivity (Wildman–Crippen MR) is 88.5 cm³/mol. The molecule has 0 aliphatic carbocycles. The number of aryl methyl sites for hydroxylation is 1. The standard InChI is InChI=1S/C16H15F3N6O2/c1-8-2-3-9(16(27,14(17)18)15(19)26)6-10(8)11-7-21-12(20)13(23-11)25-5-4-22-24-25/h2-7,14-15,26-27H,1H3,(H2,20,21). The summed E-state index contributed by atoms with van der Waals surface area (Å²) in [5.41, 5.74) is 3.01. The third-order valence-corrected chi connectivity index (χ3v) is 4.09. The smallest absolute Gasteiger partial charge is 0.276 e. The largest absolute Gasteiger partial charge is 0.381 e. The van der Waals surface area contributed by atoms with Gasteiger partial charge >= 0.3 is 0 Å². The minimum Gasteiger partial charge on any atom is -0.381 e. The van der Waals surface area contributed by atoms with E-state index in [4.69, 9.17) is 10.8 Å². The molecule has 2 unspecified atom stereocenters. The van der Waals surface area contributed by atoms with Crippen LogP contribution in [0.25, 0.3) is 17.1 Å². The number of nitrogen functional groups attached to an aromatic ring is 1. The normalized spacial score (nSPS) is 14.9. The Morgan fingerprint density at radius 1 is 1.26 bits per heavy atom. The molecule has 4 N–H and O–H groups in total. The summed E-state index contributed by atoms with van der Waals surface area (Å²) < 4.78 is 41.1. The maximum atomic E-state index is 13.4. The number of aliphatic hydroxyl groups is 2. The molecule has 0 aliphatic heterocycles. The van der Waals surface area contributed by atoms with Crippen molar-refractivity contribution < 1.29 is 23.4 Å². The van der Waals surface area contributed by atoms with Crippen LogP contribution in [0, 0.1) is 6.92 Å². The molecule has 3 rings (SSSR count). The van der Waals surface area contributed by atoms with Gasteiger partial charge in [0.05, 0.1) is 24.3 Å². The first-order valence-corrected chi connectivity index (χ1v) is 7.68. The first-order chi connectivity index (χ1) is 12.7. The third kappa shape index (κ3) is 3.22. The van der Waals surface area contributed by atoms with Gasteiger partial charge in [-0.15, -0.1) is 5.10 Å². The lowest BCUT2D eigenvalue weighted by molar-refractivity contribution is -0.211. The first kappa shape index (κ1) is 18.7. The summed E-state index contributed by atoms with van der Waals surface area (Å²) in [6, 6.07) is 3.63. The van der Waals surface area contributed by atoms with Crippen molar-refractivity contribution in [3.05, 3.63) is 47.9 Å². The van der Waals surface area contributed by atoms with Gasteiger partial charge in [-0.25, -0.2) is 23.1 Å². The summed E-state index contributed by atoms with van der Waals surface area (Å²) in [4.78, 5) is 8.31. The molecule has 3 aromatic rings. The molecule has 2 heterocycles. The molecule has 0 saturated heterocycles. The Morgan fingerprint density at radius 3 is 2.59 bits per heavy atom. The van der Waals surface area contributed by atoms with Crippen LogP contribution >= 0.6 is 0 Å². The molecule has 2 aromatic heterocycles. The maximum Gasteiger partial charge on any atom is 0.276 e. The van der Waals surface area contributed by atoms with Gasteiger partial charge in [-0.3, -0.25) is 0 Å². The van der Waals surface area contributed by atoms with Gasteiger partial charge in [-0.05, 0) is 24.1 Å². The fourth-order valence-corrected chi connectivity index (χ4v) is 2.52. The van der Waals surface area contributed by atoms with Crippen LogP contribution in [0.15, 0.2) is 36.8 Å². The summed E-state index contributed by atoms with van der Waals surface area (Å²) in [7, 11) is 0. The minimum atomic E-state index is -3.56. The van der Waals surface area contributed by atoms with Gasteiger partial charge in [0.1, 0.15) is 0 Å². The molecular weight excluding hydrogens is 365 g/mol. The van der Waals surface area contributed by atoms with Crippen LogP contribution < -0.4 is 5.73 Å². The van der Waals surface area contributed by atoms with Crippen molar-refractivity contribution in [1.82, 2.24) is 25.0 Å². The number of alkyl halides is 3. The monoisotopic (exact) mass is 380 g/mol. The highest BCUT2D eigenvalue weighted by Gasteiger charge is 2.47. The van der Waals surface area contributed by atoms with Crippen LogP contribution in [0.4, 0.5) is 19.0 Å². The minimum absolute atomic E-state index is 0.0568. The summed E-state index contributed by atoms with van der Waals surface area (Å²) in [5, 5.41) is 26.5. The number of hydrogen-bond donors (Lipinski definition) is 3. The summed E-state index contributed by atoms with van der Waals surface area (Å²) in [5.74, 6) is 0.214. The third-order valence-electron chi connectivity index (χ3n) is 4.09. The van der Waals surface area contributed by atoms with Crippen LogP contribution in [-0.4, -0.2) is 48.0 Å². The number of rotatable bonds is 5. The van der Waals surface area contributed by atoms with E-state index in [-0.39, 0.29) is 17.3 Å². The molecule has 8 nitrogen and oxygen atoms in total. The fraction of sp³-hybridized carbons (Fsp3) is 0.250. The molecule has 0 amide bonds. The number of nitrogens with two attached hydrogens (primary N) is 1. The molecular formula is C16H15F3N6O2. The highest BCUT2D eigenvalue weighted by molar-refractivity contribution is 5.66. The fourth-order valence-electron chi connectivity index (χ4n) is 2.52. The van der Waals surface area contributed by atoms with Crippen molar-refractivity contribution in [2.45, 2.75) is 25.3 Å². The lowest BCUT2D eigenvalue weighted by atomic mass is 9.90. The van der Waals surface area contributed by atoms with Crippen LogP contribution in [0.2, 0.25) is 0 Å². The topological polar surface area (TPSA) is 123 Å². The van der Waals surface area contributed by atoms with E-state index in [1.807, 2.05) is 0 Å². The molecule has 0 bridgehead atoms. The molecule has 27 heavy (non-hydrogen) atoms. The quantitative estimate of drug-likeness (QED) is 0.611. The van der Waals surface area contributed by atoms with Gasteiger partial charge in [0.15, 0.2) is 11.6 Å². The molecule has 0 aliphatic rings. The van der Waals surface area contributed by atoms with Crippen LogP contribution in [0.5, 0.6) is 0 Å². The van der Waals surface area contributed by atoms with Crippen LogP contribution in [0.1, 0.15) is 11.1 Å². The number of halogens is 3. The van der Waals surface area contributed by atoms with Crippen molar-refractivity contribution >= 4 is 5.82 Å². The molecule has 0 radical (unpaired) electrons. The van der Waals surface area contributed by atoms with Gasteiger partial charge in [-0.1, -0.05) is 17.3 Å². The van der Waals surface area contributed by atoms with E-state index >= 15 is 0 Å². The second kappa shape index (κ2) is 6.93. The number of aromatic nitrogens is 5. The Kier molecular flexibility index (Phi) is 4.81. The molecule has 0 spiro atoms. The number of hydrogen-bond acceptors (Lipinski definition) is 7. The average molecular weight is 380 g/mol. The Morgan fingerprint density at radius 2 is 2.00 bits per heavy atom. The Bertz CT molecular complexity index is 941. The van der Waals surface area contributed by atoms with Crippen molar-refractivity contribution in [3.63, 3.8) is 0 Å². The summed E-state index contributed by atoms with van der Waals surface area (Å²) in [6.45, 7) is 1.67. The Labute approximate surface area is 151 Å². The lowest BCUT2D eigenvalue weighted by Gasteiger charge is -2.28. The molecule has 1 aromatic carbocycles. The van der Waals surface area contributed by atoms with E-state index in [1.165, 1.54) is 29.3 Å². The van der Waals surface area contributed by atoms with Gasteiger partial charge in [-0.2, -0.15) is 4.68 Å². The van der Waals surface area contributed by atoms with E-state index in [9.17, 15) is 18.3 Å². The zero-order chi connectivity index (χ0) is 19.8.